The van der Waals surface area contributed by atoms with Crippen LogP contribution in [0.5, 0.6) is 11.5 Å². The van der Waals surface area contributed by atoms with E-state index < -0.39 is 0 Å². The Bertz CT molecular complexity index is 894. The summed E-state index contributed by atoms with van der Waals surface area (Å²) in [7, 11) is 3.21. The van der Waals surface area contributed by atoms with Gasteiger partial charge in [0.2, 0.25) is 0 Å². The molecule has 0 bridgehead atoms. The molecular weight excluding hydrogens is 338 g/mol. The quantitative estimate of drug-likeness (QED) is 0.754. The number of benzene rings is 1. The van der Waals surface area contributed by atoms with Crippen LogP contribution in [-0.2, 0) is 0 Å². The molecule has 3 rings (SSSR count). The van der Waals surface area contributed by atoms with Gasteiger partial charge in [-0.05, 0) is 31.2 Å². The van der Waals surface area contributed by atoms with Crippen LogP contribution in [0, 0.1) is 6.92 Å². The van der Waals surface area contributed by atoms with Crippen LogP contribution in [0.2, 0.25) is 0 Å². The molecule has 1 aromatic carbocycles. The van der Waals surface area contributed by atoms with Crippen molar-refractivity contribution in [2.75, 3.05) is 19.5 Å². The van der Waals surface area contributed by atoms with E-state index in [4.69, 9.17) is 9.47 Å². The molecule has 0 aliphatic heterocycles. The number of nitrogens with one attached hydrogen (secondary N) is 1. The van der Waals surface area contributed by atoms with Crippen LogP contribution in [0.3, 0.4) is 0 Å². The van der Waals surface area contributed by atoms with Crippen LogP contribution in [0.25, 0.3) is 11.3 Å². The maximum atomic E-state index is 12.2. The van der Waals surface area contributed by atoms with Crippen LogP contribution in [0.15, 0.2) is 42.6 Å². The highest BCUT2D eigenvalue weighted by Crippen LogP contribution is 2.37. The van der Waals surface area contributed by atoms with Gasteiger partial charge in [-0.15, -0.1) is 11.3 Å². The summed E-state index contributed by atoms with van der Waals surface area (Å²) in [5.74, 6) is 1.08. The fourth-order valence-corrected chi connectivity index (χ4v) is 3.18. The van der Waals surface area contributed by atoms with Crippen molar-refractivity contribution in [1.29, 1.82) is 0 Å². The average molecular weight is 355 g/mol. The summed E-state index contributed by atoms with van der Waals surface area (Å²) in [5, 5.41) is 3.30. The number of amides is 1. The minimum Gasteiger partial charge on any atom is -0.497 e. The van der Waals surface area contributed by atoms with Gasteiger partial charge in [0, 0.05) is 22.7 Å². The lowest BCUT2D eigenvalue weighted by Crippen LogP contribution is -2.13. The topological polar surface area (TPSA) is 73.3 Å². The number of ether oxygens (including phenoxy) is 2. The summed E-state index contributed by atoms with van der Waals surface area (Å²) in [6.07, 6.45) is 1.58. The second-order valence-electron chi connectivity index (χ2n) is 5.16. The molecule has 0 unspecified atom stereocenters. The fourth-order valence-electron chi connectivity index (χ4n) is 2.35. The number of nitrogens with zero attached hydrogens (tertiary/aromatic N) is 2. The Morgan fingerprint density at radius 1 is 1.16 bits per heavy atom. The largest absolute Gasteiger partial charge is 0.497 e. The Hall–Kier alpha value is -2.93. The van der Waals surface area contributed by atoms with Crippen molar-refractivity contribution in [1.82, 2.24) is 9.97 Å². The molecule has 1 N–H and O–H groups in total. The molecule has 0 spiro atoms. The van der Waals surface area contributed by atoms with Crippen LogP contribution in [0.4, 0.5) is 5.13 Å². The lowest BCUT2D eigenvalue weighted by atomic mass is 10.1. The summed E-state index contributed by atoms with van der Waals surface area (Å²) in [6.45, 7) is 1.95. The molecule has 1 amide bonds. The van der Waals surface area contributed by atoms with Crippen LogP contribution < -0.4 is 14.8 Å². The van der Waals surface area contributed by atoms with Gasteiger partial charge in [0.1, 0.15) is 17.2 Å². The molecule has 6 nitrogen and oxygen atoms in total. The normalized spacial score (nSPS) is 10.4. The number of hydrogen-bond donors (Lipinski definition) is 1. The van der Waals surface area contributed by atoms with E-state index in [-0.39, 0.29) is 5.91 Å². The molecule has 0 fully saturated rings. The maximum absolute atomic E-state index is 12.2. The first-order valence-electron chi connectivity index (χ1n) is 7.54. The van der Waals surface area contributed by atoms with E-state index in [0.717, 1.165) is 16.1 Å². The highest BCUT2D eigenvalue weighted by Gasteiger charge is 2.17. The molecule has 0 radical (unpaired) electrons. The number of thiazole rings is 1. The zero-order chi connectivity index (χ0) is 17.8. The van der Waals surface area contributed by atoms with Gasteiger partial charge in [0.25, 0.3) is 5.91 Å². The number of hydrogen-bond acceptors (Lipinski definition) is 6. The first-order valence-corrected chi connectivity index (χ1v) is 8.36. The highest BCUT2D eigenvalue weighted by molar-refractivity contribution is 7.16. The summed E-state index contributed by atoms with van der Waals surface area (Å²) < 4.78 is 10.7. The summed E-state index contributed by atoms with van der Waals surface area (Å²) >= 11 is 1.40. The van der Waals surface area contributed by atoms with E-state index in [1.807, 2.05) is 19.1 Å². The number of carbonyl (C=O) groups excluding carboxylic acids is 1. The maximum Gasteiger partial charge on any atom is 0.276 e. The van der Waals surface area contributed by atoms with E-state index in [0.29, 0.717) is 22.3 Å². The van der Waals surface area contributed by atoms with Crippen molar-refractivity contribution in [3.05, 3.63) is 53.2 Å². The summed E-state index contributed by atoms with van der Waals surface area (Å²) in [6, 6.07) is 10.7. The van der Waals surface area contributed by atoms with Gasteiger partial charge in [0.15, 0.2) is 5.13 Å². The molecule has 25 heavy (non-hydrogen) atoms. The predicted octanol–water partition coefficient (Wildman–Crippen LogP) is 3.78. The van der Waals surface area contributed by atoms with Crippen LogP contribution >= 0.6 is 11.3 Å². The predicted molar refractivity (Wildman–Crippen MR) is 97.6 cm³/mol. The van der Waals surface area contributed by atoms with Gasteiger partial charge in [-0.25, -0.2) is 4.98 Å². The molecule has 2 heterocycles. The van der Waals surface area contributed by atoms with E-state index in [1.165, 1.54) is 11.3 Å². The van der Waals surface area contributed by atoms with Crippen LogP contribution in [-0.4, -0.2) is 30.1 Å². The lowest BCUT2D eigenvalue weighted by Gasteiger charge is -2.09. The first-order chi connectivity index (χ1) is 12.1. The number of carbonyl (C=O) groups is 1. The molecule has 0 atom stereocenters. The SMILES string of the molecule is COc1ccc(-c2nc(NC(=O)c3ccccn3)sc2C)c(OC)c1. The number of methoxy groups -OCH3 is 2. The number of anilines is 1. The number of aromatic nitrogens is 2. The molecule has 128 valence electrons. The molecular formula is C18H17N3O3S. The van der Waals surface area contributed by atoms with Gasteiger partial charge >= 0.3 is 0 Å². The third-order valence-electron chi connectivity index (χ3n) is 3.58. The van der Waals surface area contributed by atoms with Gasteiger partial charge in [-0.1, -0.05) is 6.07 Å². The van der Waals surface area contributed by atoms with E-state index in [9.17, 15) is 4.79 Å². The van der Waals surface area contributed by atoms with Gasteiger partial charge in [0.05, 0.1) is 19.9 Å². The molecule has 7 heteroatoms. The van der Waals surface area contributed by atoms with Crippen molar-refractivity contribution in [2.24, 2.45) is 0 Å². The molecule has 0 aliphatic rings. The second-order valence-corrected chi connectivity index (χ2v) is 6.36. The Labute approximate surface area is 149 Å². The van der Waals surface area contributed by atoms with Crippen molar-refractivity contribution in [3.63, 3.8) is 0 Å². The molecule has 3 aromatic rings. The zero-order valence-electron chi connectivity index (χ0n) is 14.1. The van der Waals surface area contributed by atoms with Crippen molar-refractivity contribution >= 4 is 22.4 Å². The van der Waals surface area contributed by atoms with E-state index in [1.54, 1.807) is 44.7 Å². The Kier molecular flexibility index (Phi) is 4.95. The van der Waals surface area contributed by atoms with Crippen LogP contribution in [0.1, 0.15) is 15.4 Å². The third kappa shape index (κ3) is 3.61. The minimum absolute atomic E-state index is 0.289. The zero-order valence-corrected chi connectivity index (χ0v) is 14.9. The van der Waals surface area contributed by atoms with E-state index >= 15 is 0 Å². The summed E-state index contributed by atoms with van der Waals surface area (Å²) in [5.41, 5.74) is 1.95. The van der Waals surface area contributed by atoms with Gasteiger partial charge in [-0.2, -0.15) is 0 Å². The standard InChI is InChI=1S/C18H17N3O3S/c1-11-16(13-8-7-12(23-2)10-15(13)24-3)20-18(25-11)21-17(22)14-6-4-5-9-19-14/h4-10H,1-3H3,(H,20,21,22). The molecule has 0 aliphatic carbocycles. The highest BCUT2D eigenvalue weighted by atomic mass is 32.1. The van der Waals surface area contributed by atoms with Crippen molar-refractivity contribution < 1.29 is 14.3 Å². The minimum atomic E-state index is -0.289. The number of pyridine rings is 1. The Balaban J connectivity index is 1.89. The van der Waals surface area contributed by atoms with Crippen molar-refractivity contribution in [3.8, 4) is 22.8 Å². The number of aryl methyl sites for hydroxylation is 1. The Morgan fingerprint density at radius 2 is 2.00 bits per heavy atom. The van der Waals surface area contributed by atoms with Crippen molar-refractivity contribution in [2.45, 2.75) is 6.92 Å². The number of rotatable bonds is 5. The van der Waals surface area contributed by atoms with Gasteiger partial charge < -0.3 is 9.47 Å². The van der Waals surface area contributed by atoms with E-state index in [2.05, 4.69) is 15.3 Å². The molecule has 0 saturated heterocycles. The third-order valence-corrected chi connectivity index (χ3v) is 4.46. The fraction of sp³-hybridized carbons (Fsp3) is 0.167. The van der Waals surface area contributed by atoms with Gasteiger partial charge in [-0.3, -0.25) is 15.1 Å². The molecule has 2 aromatic heterocycles. The summed E-state index contributed by atoms with van der Waals surface area (Å²) in [4.78, 5) is 21.8. The second kappa shape index (κ2) is 7.31. The molecule has 0 saturated carbocycles. The smallest absolute Gasteiger partial charge is 0.276 e. The lowest BCUT2D eigenvalue weighted by molar-refractivity contribution is 0.102. The monoisotopic (exact) mass is 355 g/mol. The first kappa shape index (κ1) is 16.9. The average Bonchev–Trinajstić information content (AvgIpc) is 3.01. The Morgan fingerprint density at radius 3 is 2.68 bits per heavy atom.